The van der Waals surface area contributed by atoms with Gasteiger partial charge in [0.25, 0.3) is 0 Å². The molecule has 9 heteroatoms. The van der Waals surface area contributed by atoms with Crippen molar-refractivity contribution in [2.24, 2.45) is 17.8 Å². The molecule has 0 radical (unpaired) electrons. The summed E-state index contributed by atoms with van der Waals surface area (Å²) in [4.78, 5) is 44.4. The lowest BCUT2D eigenvalue weighted by atomic mass is 9.64. The maximum absolute atomic E-state index is 14.3. The topological polar surface area (TPSA) is 106 Å². The van der Waals surface area contributed by atoms with Crippen LogP contribution in [-0.4, -0.2) is 24.6 Å². The minimum absolute atomic E-state index is 0.114. The molecule has 1 fully saturated rings. The van der Waals surface area contributed by atoms with E-state index >= 15 is 0 Å². The van der Waals surface area contributed by atoms with E-state index in [0.29, 0.717) is 33.4 Å². The van der Waals surface area contributed by atoms with Crippen molar-refractivity contribution in [1.29, 1.82) is 5.26 Å². The largest absolute Gasteiger partial charge is 0.454 e. The quantitative estimate of drug-likeness (QED) is 0.259. The van der Waals surface area contributed by atoms with Crippen LogP contribution in [0.4, 0.5) is 5.00 Å². The number of carbonyl (C=O) groups excluding carboxylic acids is 3. The third-order valence-corrected chi connectivity index (χ3v) is 10.0. The van der Waals surface area contributed by atoms with E-state index in [1.807, 2.05) is 43.3 Å². The van der Waals surface area contributed by atoms with Crippen molar-refractivity contribution in [3.8, 4) is 23.3 Å². The number of esters is 1. The molecule has 40 heavy (non-hydrogen) atoms. The third kappa shape index (κ3) is 3.08. The first-order valence-electron chi connectivity index (χ1n) is 13.3. The highest BCUT2D eigenvalue weighted by Gasteiger charge is 2.61. The van der Waals surface area contributed by atoms with Gasteiger partial charge in [-0.3, -0.25) is 14.4 Å². The predicted molar refractivity (Wildman–Crippen MR) is 144 cm³/mol. The van der Waals surface area contributed by atoms with Crippen LogP contribution in [-0.2, 0) is 27.2 Å². The second kappa shape index (κ2) is 8.29. The molecule has 0 unspecified atom stereocenters. The Bertz CT molecular complexity index is 1760. The van der Waals surface area contributed by atoms with Crippen molar-refractivity contribution in [2.75, 3.05) is 11.7 Å². The molecule has 8 nitrogen and oxygen atoms in total. The lowest BCUT2D eigenvalue weighted by Gasteiger charge is -2.38. The Morgan fingerprint density at radius 2 is 1.80 bits per heavy atom. The first-order chi connectivity index (χ1) is 19.4. The number of amides is 2. The zero-order valence-corrected chi connectivity index (χ0v) is 22.2. The van der Waals surface area contributed by atoms with E-state index in [0.717, 1.165) is 46.4 Å². The molecule has 4 heterocycles. The number of aryl methyl sites for hydroxylation is 2. The number of hydrogen-bond acceptors (Lipinski definition) is 8. The van der Waals surface area contributed by atoms with Crippen molar-refractivity contribution in [3.63, 3.8) is 0 Å². The zero-order chi connectivity index (χ0) is 27.3. The van der Waals surface area contributed by atoms with Crippen LogP contribution in [0.25, 0.3) is 5.57 Å². The van der Waals surface area contributed by atoms with E-state index < -0.39 is 41.5 Å². The molecule has 2 aromatic carbocycles. The maximum atomic E-state index is 14.3. The number of carbonyl (C=O) groups is 3. The summed E-state index contributed by atoms with van der Waals surface area (Å²) in [5, 5.41) is 10.4. The Labute approximate surface area is 233 Å². The molecule has 198 valence electrons. The minimum Gasteiger partial charge on any atom is -0.454 e. The number of nitrogens with zero attached hydrogens (tertiary/aromatic N) is 2. The molecule has 1 saturated heterocycles. The number of ether oxygens (including phenoxy) is 3. The fraction of sp³-hybridized carbons (Fsp3) is 0.290. The highest BCUT2D eigenvalue weighted by Crippen LogP contribution is 2.56. The fourth-order valence-electron chi connectivity index (χ4n) is 6.98. The number of anilines is 1. The third-order valence-electron chi connectivity index (χ3n) is 8.75. The van der Waals surface area contributed by atoms with Gasteiger partial charge < -0.3 is 14.2 Å². The van der Waals surface area contributed by atoms with E-state index in [-0.39, 0.29) is 6.79 Å². The van der Waals surface area contributed by atoms with E-state index in [1.165, 1.54) is 16.2 Å². The predicted octanol–water partition coefficient (Wildman–Crippen LogP) is 4.67. The maximum Gasteiger partial charge on any atom is 0.319 e. The summed E-state index contributed by atoms with van der Waals surface area (Å²) < 4.78 is 16.9. The number of hydrogen-bond donors (Lipinski definition) is 0. The normalized spacial score (nSPS) is 25.6. The molecular formula is C31H22N2O6S. The molecule has 5 aliphatic rings. The van der Waals surface area contributed by atoms with Gasteiger partial charge in [0.2, 0.25) is 18.6 Å². The van der Waals surface area contributed by atoms with Gasteiger partial charge in [0, 0.05) is 16.4 Å². The van der Waals surface area contributed by atoms with Gasteiger partial charge in [0.15, 0.2) is 11.5 Å². The molecule has 2 amide bonds. The summed E-state index contributed by atoms with van der Waals surface area (Å²) in [5.41, 5.74) is 4.50. The monoisotopic (exact) mass is 550 g/mol. The van der Waals surface area contributed by atoms with Crippen molar-refractivity contribution in [2.45, 2.75) is 32.1 Å². The standard InChI is InChI=1S/C31H22N2O6S/c1-14-5-7-16-19-11-18(15-6-8-21-23(10-15)38-13-37-21)25-27(26(19)31(36)39-22(16)9-14)29(35)33(28(25)34)30-20(12-32)17-3-2-4-24(17)40-30/h5-11,18,25-27H,2-4,13H2,1H3/t18-,25-,26-,27+/m1/s1. The average molecular weight is 551 g/mol. The molecule has 3 aliphatic heterocycles. The summed E-state index contributed by atoms with van der Waals surface area (Å²) in [6, 6.07) is 13.5. The van der Waals surface area contributed by atoms with Crippen LogP contribution >= 0.6 is 11.3 Å². The molecule has 1 aromatic heterocycles. The number of thiophene rings is 1. The number of fused-ring (bicyclic) bond motifs is 7. The van der Waals surface area contributed by atoms with Gasteiger partial charge in [-0.15, -0.1) is 11.3 Å². The van der Waals surface area contributed by atoms with Gasteiger partial charge in [0.05, 0.1) is 23.3 Å². The van der Waals surface area contributed by atoms with Crippen LogP contribution in [0.5, 0.6) is 17.2 Å². The Hall–Kier alpha value is -4.42. The lowest BCUT2D eigenvalue weighted by Crippen LogP contribution is -2.42. The second-order valence-electron chi connectivity index (χ2n) is 10.9. The van der Waals surface area contributed by atoms with Crippen LogP contribution < -0.4 is 19.1 Å². The Morgan fingerprint density at radius 3 is 2.65 bits per heavy atom. The Balaban J connectivity index is 1.32. The van der Waals surface area contributed by atoms with Crippen molar-refractivity contribution < 1.29 is 28.6 Å². The summed E-state index contributed by atoms with van der Waals surface area (Å²) in [5.74, 6) is -3.00. The molecule has 0 saturated carbocycles. The van der Waals surface area contributed by atoms with E-state index in [4.69, 9.17) is 14.2 Å². The van der Waals surface area contributed by atoms with E-state index in [9.17, 15) is 19.6 Å². The van der Waals surface area contributed by atoms with Gasteiger partial charge in [-0.25, -0.2) is 4.90 Å². The number of allylic oxidation sites excluding steroid dienone is 1. The van der Waals surface area contributed by atoms with Crippen LogP contribution in [0.15, 0.2) is 42.5 Å². The Morgan fingerprint density at radius 1 is 0.975 bits per heavy atom. The molecule has 2 aliphatic carbocycles. The van der Waals surface area contributed by atoms with Crippen LogP contribution in [0.1, 0.15) is 45.0 Å². The highest BCUT2D eigenvalue weighted by atomic mass is 32.1. The van der Waals surface area contributed by atoms with Gasteiger partial charge in [0.1, 0.15) is 16.8 Å². The first kappa shape index (κ1) is 23.5. The van der Waals surface area contributed by atoms with Crippen LogP contribution in [0.2, 0.25) is 0 Å². The van der Waals surface area contributed by atoms with Crippen molar-refractivity contribution >= 4 is 39.7 Å². The molecule has 0 spiro atoms. The molecular weight excluding hydrogens is 528 g/mol. The summed E-state index contributed by atoms with van der Waals surface area (Å²) >= 11 is 1.35. The van der Waals surface area contributed by atoms with Gasteiger partial charge in [-0.1, -0.05) is 24.3 Å². The smallest absolute Gasteiger partial charge is 0.319 e. The van der Waals surface area contributed by atoms with Gasteiger partial charge in [-0.05, 0) is 66.6 Å². The summed E-state index contributed by atoms with van der Waals surface area (Å²) in [6.45, 7) is 2.03. The first-order valence-corrected chi connectivity index (χ1v) is 14.1. The van der Waals surface area contributed by atoms with Gasteiger partial charge >= 0.3 is 5.97 Å². The SMILES string of the molecule is Cc1ccc2c(c1)OC(=O)[C@@H]1C2=C[C@H](c2ccc3c(c2)OCO3)[C@H]2C(=O)N(c3sc4c(c3C#N)CCC4)C(=O)[C@H]12. The molecule has 0 N–H and O–H groups in total. The number of nitriles is 1. The fourth-order valence-corrected chi connectivity index (χ4v) is 8.33. The molecule has 3 aromatic rings. The Kier molecular flexibility index (Phi) is 4.86. The number of imide groups is 1. The molecule has 4 atom stereocenters. The second-order valence-corrected chi connectivity index (χ2v) is 12.0. The molecule has 8 rings (SSSR count). The number of benzene rings is 2. The molecule has 0 bridgehead atoms. The van der Waals surface area contributed by atoms with E-state index in [1.54, 1.807) is 6.07 Å². The minimum atomic E-state index is -0.964. The van der Waals surface area contributed by atoms with Crippen molar-refractivity contribution in [3.05, 3.63) is 75.2 Å². The van der Waals surface area contributed by atoms with E-state index in [2.05, 4.69) is 6.07 Å². The zero-order valence-electron chi connectivity index (χ0n) is 21.4. The van der Waals surface area contributed by atoms with Crippen molar-refractivity contribution in [1.82, 2.24) is 0 Å². The van der Waals surface area contributed by atoms with Crippen LogP contribution in [0, 0.1) is 36.0 Å². The highest BCUT2D eigenvalue weighted by molar-refractivity contribution is 7.17. The van der Waals surface area contributed by atoms with Gasteiger partial charge in [-0.2, -0.15) is 5.26 Å². The lowest BCUT2D eigenvalue weighted by molar-refractivity contribution is -0.142. The number of rotatable bonds is 2. The summed E-state index contributed by atoms with van der Waals surface area (Å²) in [7, 11) is 0. The van der Waals surface area contributed by atoms with Crippen LogP contribution in [0.3, 0.4) is 0 Å². The summed E-state index contributed by atoms with van der Waals surface area (Å²) in [6.07, 6.45) is 4.49. The average Bonchev–Trinajstić information content (AvgIpc) is 3.71.